The Kier molecular flexibility index (Phi) is 8.72. The molecule has 0 radical (unpaired) electrons. The lowest BCUT2D eigenvalue weighted by atomic mass is 9.93. The highest BCUT2D eigenvalue weighted by molar-refractivity contribution is 5.25. The summed E-state index contributed by atoms with van der Waals surface area (Å²) in [6.07, 6.45) is 9.35. The molecule has 1 aromatic rings. The Hall–Kier alpha value is -1.38. The summed E-state index contributed by atoms with van der Waals surface area (Å²) in [6, 6.07) is 8.64. The van der Waals surface area contributed by atoms with Crippen LogP contribution in [0.2, 0.25) is 0 Å². The fourth-order valence-corrected chi connectivity index (χ4v) is 2.65. The van der Waals surface area contributed by atoms with Crippen LogP contribution in [0.3, 0.4) is 0 Å². The van der Waals surface area contributed by atoms with Crippen LogP contribution in [-0.4, -0.2) is 11.5 Å². The largest absolute Gasteiger partial charge is 0.265 e. The number of rotatable bonds is 11. The van der Waals surface area contributed by atoms with E-state index in [1.165, 1.54) is 49.7 Å². The Morgan fingerprint density at radius 3 is 2.33 bits per heavy atom. The SMILES string of the molecule is CCCCCCCC(C)c1ccc(CCC[N+](=O)[O-])cc1. The van der Waals surface area contributed by atoms with Crippen LogP contribution in [0.15, 0.2) is 24.3 Å². The van der Waals surface area contributed by atoms with Crippen LogP contribution < -0.4 is 0 Å². The number of unbranched alkanes of at least 4 members (excludes halogenated alkanes) is 4. The fourth-order valence-electron chi connectivity index (χ4n) is 2.65. The van der Waals surface area contributed by atoms with E-state index < -0.39 is 0 Å². The van der Waals surface area contributed by atoms with Gasteiger partial charge in [-0.3, -0.25) is 10.1 Å². The lowest BCUT2D eigenvalue weighted by molar-refractivity contribution is -0.480. The quantitative estimate of drug-likeness (QED) is 0.313. The number of benzene rings is 1. The zero-order valence-electron chi connectivity index (χ0n) is 13.5. The Bertz CT molecular complexity index is 400. The van der Waals surface area contributed by atoms with Crippen molar-refractivity contribution in [3.05, 3.63) is 45.5 Å². The van der Waals surface area contributed by atoms with E-state index in [1.807, 2.05) is 0 Å². The number of nitro groups is 1. The van der Waals surface area contributed by atoms with E-state index in [9.17, 15) is 10.1 Å². The summed E-state index contributed by atoms with van der Waals surface area (Å²) in [5.74, 6) is 0.611. The molecule has 3 heteroatoms. The normalized spacial score (nSPS) is 12.3. The standard InChI is InChI=1S/C18H29NO2/c1-3-4-5-6-7-9-16(2)18-13-11-17(12-14-18)10-8-15-19(20)21/h11-14,16H,3-10,15H2,1-2H3. The second-order valence-electron chi connectivity index (χ2n) is 6.01. The van der Waals surface area contributed by atoms with Crippen molar-refractivity contribution < 1.29 is 4.92 Å². The van der Waals surface area contributed by atoms with Gasteiger partial charge in [-0.25, -0.2) is 0 Å². The maximum absolute atomic E-state index is 10.3. The first-order chi connectivity index (χ1) is 10.1. The molecule has 3 nitrogen and oxygen atoms in total. The van der Waals surface area contributed by atoms with Gasteiger partial charge in [0.2, 0.25) is 6.54 Å². The molecule has 0 N–H and O–H groups in total. The zero-order chi connectivity index (χ0) is 15.5. The molecule has 0 fully saturated rings. The molecule has 1 atom stereocenters. The van der Waals surface area contributed by atoms with Crippen LogP contribution >= 0.6 is 0 Å². The lowest BCUT2D eigenvalue weighted by Gasteiger charge is -2.12. The zero-order valence-corrected chi connectivity index (χ0v) is 13.5. The van der Waals surface area contributed by atoms with Crippen LogP contribution in [0.5, 0.6) is 0 Å². The number of hydrogen-bond acceptors (Lipinski definition) is 2. The number of nitrogens with zero attached hydrogens (tertiary/aromatic N) is 1. The maximum Gasteiger partial charge on any atom is 0.204 e. The van der Waals surface area contributed by atoms with Gasteiger partial charge in [0.1, 0.15) is 0 Å². The third-order valence-corrected chi connectivity index (χ3v) is 4.10. The van der Waals surface area contributed by atoms with Crippen LogP contribution in [-0.2, 0) is 6.42 Å². The predicted octanol–water partition coefficient (Wildman–Crippen LogP) is 5.36. The van der Waals surface area contributed by atoms with Crippen molar-refractivity contribution in [2.24, 2.45) is 0 Å². The van der Waals surface area contributed by atoms with Crippen molar-refractivity contribution in [2.45, 2.75) is 71.1 Å². The topological polar surface area (TPSA) is 43.1 Å². The van der Waals surface area contributed by atoms with E-state index in [2.05, 4.69) is 38.1 Å². The highest BCUT2D eigenvalue weighted by atomic mass is 16.6. The van der Waals surface area contributed by atoms with E-state index in [-0.39, 0.29) is 11.5 Å². The Morgan fingerprint density at radius 1 is 1.05 bits per heavy atom. The first kappa shape index (κ1) is 17.7. The molecule has 0 aromatic heterocycles. The smallest absolute Gasteiger partial charge is 0.204 e. The highest BCUT2D eigenvalue weighted by Gasteiger charge is 2.06. The monoisotopic (exact) mass is 291 g/mol. The molecular weight excluding hydrogens is 262 g/mol. The molecule has 21 heavy (non-hydrogen) atoms. The molecule has 1 unspecified atom stereocenters. The van der Waals surface area contributed by atoms with Crippen LogP contribution in [0.1, 0.15) is 75.8 Å². The summed E-state index contributed by atoms with van der Waals surface area (Å²) in [6.45, 7) is 4.60. The van der Waals surface area contributed by atoms with Gasteiger partial charge < -0.3 is 0 Å². The molecule has 0 aliphatic rings. The Labute approximate surface area is 128 Å². The average Bonchev–Trinajstić information content (AvgIpc) is 2.47. The second-order valence-corrected chi connectivity index (χ2v) is 6.01. The van der Waals surface area contributed by atoms with Crippen molar-refractivity contribution in [1.82, 2.24) is 0 Å². The molecule has 1 rings (SSSR count). The minimum atomic E-state index is -0.241. The minimum absolute atomic E-state index is 0.0654. The molecule has 0 bridgehead atoms. The van der Waals surface area contributed by atoms with Crippen LogP contribution in [0.25, 0.3) is 0 Å². The van der Waals surface area contributed by atoms with E-state index in [0.29, 0.717) is 12.3 Å². The molecule has 0 amide bonds. The Morgan fingerprint density at radius 2 is 1.71 bits per heavy atom. The predicted molar refractivity (Wildman–Crippen MR) is 88.4 cm³/mol. The van der Waals surface area contributed by atoms with Crippen molar-refractivity contribution in [3.63, 3.8) is 0 Å². The molecule has 118 valence electrons. The molecule has 0 spiro atoms. The molecule has 1 aromatic carbocycles. The van der Waals surface area contributed by atoms with Gasteiger partial charge in [-0.1, -0.05) is 70.2 Å². The summed E-state index contributed by atoms with van der Waals surface area (Å²) < 4.78 is 0. The van der Waals surface area contributed by atoms with E-state index >= 15 is 0 Å². The third-order valence-electron chi connectivity index (χ3n) is 4.10. The van der Waals surface area contributed by atoms with Gasteiger partial charge in [0.25, 0.3) is 0 Å². The van der Waals surface area contributed by atoms with Gasteiger partial charge in [-0.15, -0.1) is 0 Å². The summed E-state index contributed by atoms with van der Waals surface area (Å²) in [5, 5.41) is 10.3. The fraction of sp³-hybridized carbons (Fsp3) is 0.667. The highest BCUT2D eigenvalue weighted by Crippen LogP contribution is 2.22. The Balaban J connectivity index is 2.30. The summed E-state index contributed by atoms with van der Waals surface area (Å²) in [7, 11) is 0. The third kappa shape index (κ3) is 7.84. The molecular formula is C18H29NO2. The molecule has 0 saturated heterocycles. The van der Waals surface area contributed by atoms with Gasteiger partial charge >= 0.3 is 0 Å². The van der Waals surface area contributed by atoms with E-state index in [0.717, 1.165) is 6.42 Å². The lowest BCUT2D eigenvalue weighted by Crippen LogP contribution is -2.02. The van der Waals surface area contributed by atoms with Crippen LogP contribution in [0, 0.1) is 10.1 Å². The average molecular weight is 291 g/mol. The molecule has 0 saturated carbocycles. The van der Waals surface area contributed by atoms with E-state index in [4.69, 9.17) is 0 Å². The maximum atomic E-state index is 10.3. The minimum Gasteiger partial charge on any atom is -0.265 e. The molecule has 0 aliphatic heterocycles. The van der Waals surface area contributed by atoms with Crippen molar-refractivity contribution in [1.29, 1.82) is 0 Å². The summed E-state index contributed by atoms with van der Waals surface area (Å²) in [4.78, 5) is 10.1. The first-order valence-electron chi connectivity index (χ1n) is 8.34. The van der Waals surface area contributed by atoms with Crippen LogP contribution in [0.4, 0.5) is 0 Å². The summed E-state index contributed by atoms with van der Waals surface area (Å²) in [5.41, 5.74) is 2.60. The van der Waals surface area contributed by atoms with Gasteiger partial charge in [-0.2, -0.15) is 0 Å². The first-order valence-corrected chi connectivity index (χ1v) is 8.34. The van der Waals surface area contributed by atoms with E-state index in [1.54, 1.807) is 0 Å². The molecule has 0 aliphatic carbocycles. The summed E-state index contributed by atoms with van der Waals surface area (Å²) >= 11 is 0. The van der Waals surface area contributed by atoms with Gasteiger partial charge in [0, 0.05) is 11.3 Å². The number of hydrogen-bond donors (Lipinski definition) is 0. The number of aryl methyl sites for hydroxylation is 1. The van der Waals surface area contributed by atoms with Gasteiger partial charge in [0.15, 0.2) is 0 Å². The van der Waals surface area contributed by atoms with Crippen molar-refractivity contribution in [3.8, 4) is 0 Å². The van der Waals surface area contributed by atoms with Gasteiger partial charge in [0.05, 0.1) is 0 Å². The molecule has 0 heterocycles. The van der Waals surface area contributed by atoms with Crippen molar-refractivity contribution in [2.75, 3.05) is 6.54 Å². The van der Waals surface area contributed by atoms with Crippen molar-refractivity contribution >= 4 is 0 Å². The second kappa shape index (κ2) is 10.4. The van der Waals surface area contributed by atoms with Gasteiger partial charge in [-0.05, 0) is 29.9 Å².